The Bertz CT molecular complexity index is 656. The third-order valence-electron chi connectivity index (χ3n) is 4.00. The first-order chi connectivity index (χ1) is 10.2. The Labute approximate surface area is 137 Å². The van der Waals surface area contributed by atoms with Gasteiger partial charge >= 0.3 is 0 Å². The highest BCUT2D eigenvalue weighted by atomic mass is 35.5. The molecule has 0 aliphatic carbocycles. The number of nitrogens with zero attached hydrogens (tertiary/aromatic N) is 3. The van der Waals surface area contributed by atoms with Gasteiger partial charge in [0.2, 0.25) is 0 Å². The van der Waals surface area contributed by atoms with Crippen LogP contribution >= 0.6 is 11.6 Å². The fourth-order valence-electron chi connectivity index (χ4n) is 2.57. The summed E-state index contributed by atoms with van der Waals surface area (Å²) in [5.41, 5.74) is 1.29. The van der Waals surface area contributed by atoms with Crippen LogP contribution in [0.3, 0.4) is 0 Å². The first-order valence-electron chi connectivity index (χ1n) is 7.38. The average Bonchev–Trinajstić information content (AvgIpc) is 2.88. The summed E-state index contributed by atoms with van der Waals surface area (Å²) in [4.78, 5) is 2.02. The molecule has 0 bridgehead atoms. The van der Waals surface area contributed by atoms with Crippen molar-refractivity contribution in [3.63, 3.8) is 0 Å². The molecule has 0 aromatic heterocycles. The number of rotatable bonds is 4. The molecule has 1 aliphatic heterocycles. The van der Waals surface area contributed by atoms with Gasteiger partial charge in [0, 0.05) is 24.2 Å². The van der Waals surface area contributed by atoms with Gasteiger partial charge in [-0.15, -0.1) is 3.89 Å². The van der Waals surface area contributed by atoms with E-state index in [1.54, 1.807) is 12.1 Å². The number of halogens is 2. The Morgan fingerprint density at radius 2 is 2.14 bits per heavy atom. The van der Waals surface area contributed by atoms with Gasteiger partial charge in [0.1, 0.15) is 0 Å². The van der Waals surface area contributed by atoms with E-state index in [-0.39, 0.29) is 12.0 Å². The molecule has 7 heteroatoms. The van der Waals surface area contributed by atoms with Gasteiger partial charge < -0.3 is 4.90 Å². The van der Waals surface area contributed by atoms with Gasteiger partial charge in [0.05, 0.1) is 5.69 Å². The molecule has 1 aromatic carbocycles. The maximum Gasteiger partial charge on any atom is 0.275 e. The van der Waals surface area contributed by atoms with Crippen molar-refractivity contribution in [1.29, 1.82) is 0 Å². The summed E-state index contributed by atoms with van der Waals surface area (Å²) in [6.45, 7) is 4.92. The molecule has 124 valence electrons. The lowest BCUT2D eigenvalue weighted by Gasteiger charge is -2.19. The minimum atomic E-state index is -3.91. The molecule has 1 fully saturated rings. The summed E-state index contributed by atoms with van der Waals surface area (Å²) >= 11 is 6.18. The van der Waals surface area contributed by atoms with Gasteiger partial charge in [-0.05, 0) is 44.1 Å². The number of likely N-dealkylation sites (N-methyl/N-ethyl adjacent to an activating group) is 1. The van der Waals surface area contributed by atoms with E-state index in [4.69, 9.17) is 11.6 Å². The second kappa shape index (κ2) is 6.83. The van der Waals surface area contributed by atoms with Crippen molar-refractivity contribution in [2.45, 2.75) is 32.2 Å². The van der Waals surface area contributed by atoms with Crippen molar-refractivity contribution in [2.75, 3.05) is 27.2 Å². The monoisotopic (exact) mass is 347 g/mol. The van der Waals surface area contributed by atoms with Crippen molar-refractivity contribution < 1.29 is 8.09 Å². The lowest BCUT2D eigenvalue weighted by molar-refractivity contribution is 0.302. The van der Waals surface area contributed by atoms with Crippen molar-refractivity contribution in [1.82, 2.24) is 9.21 Å². The van der Waals surface area contributed by atoms with Gasteiger partial charge in [-0.3, -0.25) is 0 Å². The fraction of sp³-hybridized carbons (Fsp3) is 0.600. The lowest BCUT2D eigenvalue weighted by Crippen LogP contribution is -2.32. The summed E-state index contributed by atoms with van der Waals surface area (Å²) in [5.74, 6) is 0.274. The van der Waals surface area contributed by atoms with Crippen LogP contribution < -0.4 is 0 Å². The van der Waals surface area contributed by atoms with Crippen LogP contribution in [0, 0.1) is 0 Å². The largest absolute Gasteiger partial charge is 0.305 e. The highest BCUT2D eigenvalue weighted by Gasteiger charge is 2.31. The van der Waals surface area contributed by atoms with E-state index in [0.717, 1.165) is 12.0 Å². The summed E-state index contributed by atoms with van der Waals surface area (Å²) in [7, 11) is -0.0258. The first kappa shape index (κ1) is 17.7. The zero-order chi connectivity index (χ0) is 16.5. The molecule has 0 radical (unpaired) electrons. The van der Waals surface area contributed by atoms with Crippen molar-refractivity contribution in [3.05, 3.63) is 28.8 Å². The Hall–Kier alpha value is -0.690. The van der Waals surface area contributed by atoms with E-state index in [0.29, 0.717) is 23.8 Å². The third-order valence-corrected chi connectivity index (χ3v) is 5.73. The first-order valence-corrected chi connectivity index (χ1v) is 9.13. The topological polar surface area (TPSA) is 35.9 Å². The second-order valence-corrected chi connectivity index (χ2v) is 8.15. The van der Waals surface area contributed by atoms with E-state index in [2.05, 4.69) is 4.36 Å². The maximum atomic E-state index is 14.5. The van der Waals surface area contributed by atoms with Crippen LogP contribution in [0.25, 0.3) is 0 Å². The molecule has 1 unspecified atom stereocenters. The van der Waals surface area contributed by atoms with Crippen LogP contribution in [0.15, 0.2) is 22.6 Å². The maximum absolute atomic E-state index is 14.5. The number of benzene rings is 1. The molecule has 4 nitrogen and oxygen atoms in total. The molecule has 1 aliphatic rings. The van der Waals surface area contributed by atoms with E-state index in [1.165, 1.54) is 4.31 Å². The van der Waals surface area contributed by atoms with Gasteiger partial charge in [-0.1, -0.05) is 31.5 Å². The molecule has 0 spiro atoms. The zero-order valence-electron chi connectivity index (χ0n) is 13.4. The van der Waals surface area contributed by atoms with Crippen LogP contribution in [0.2, 0.25) is 5.02 Å². The second-order valence-electron chi connectivity index (χ2n) is 6.18. The minimum Gasteiger partial charge on any atom is -0.305 e. The Morgan fingerprint density at radius 1 is 1.45 bits per heavy atom. The van der Waals surface area contributed by atoms with Crippen molar-refractivity contribution >= 4 is 27.6 Å². The van der Waals surface area contributed by atoms with E-state index in [9.17, 15) is 8.09 Å². The van der Waals surface area contributed by atoms with Gasteiger partial charge in [0.15, 0.2) is 0 Å². The summed E-state index contributed by atoms with van der Waals surface area (Å²) in [5, 5.41) is 0.527. The third kappa shape index (κ3) is 3.98. The SMILES string of the molecule is CC(C)c1ccc(N=S(=O)(F)N2CC[C@H](N(C)C)C2)cc1Cl. The predicted octanol–water partition coefficient (Wildman–Crippen LogP) is 4.00. The molecule has 2 rings (SSSR count). The van der Waals surface area contributed by atoms with Crippen LogP contribution in [-0.4, -0.2) is 46.6 Å². The van der Waals surface area contributed by atoms with E-state index in [1.807, 2.05) is 38.9 Å². The van der Waals surface area contributed by atoms with E-state index >= 15 is 0 Å². The highest BCUT2D eigenvalue weighted by molar-refractivity contribution is 7.86. The smallest absolute Gasteiger partial charge is 0.275 e. The standard InChI is InChI=1S/C15H23ClFN3OS/c1-11(2)14-6-5-12(9-15(14)16)18-22(17,21)20-8-7-13(10-20)19(3)4/h5-6,9,11,13H,7-8,10H2,1-4H3/t13-,22?/m0/s1. The Morgan fingerprint density at radius 3 is 2.64 bits per heavy atom. The number of hydrogen-bond donors (Lipinski definition) is 0. The molecule has 1 aromatic rings. The minimum absolute atomic E-state index is 0.207. The summed E-state index contributed by atoms with van der Waals surface area (Å²) in [6.07, 6.45) is 0.788. The van der Waals surface area contributed by atoms with Crippen LogP contribution in [0.4, 0.5) is 9.57 Å². The quantitative estimate of drug-likeness (QED) is 0.772. The Balaban J connectivity index is 2.24. The molecular weight excluding hydrogens is 325 g/mol. The summed E-state index contributed by atoms with van der Waals surface area (Å²) in [6, 6.07) is 5.27. The normalized spacial score (nSPS) is 22.3. The van der Waals surface area contributed by atoms with E-state index < -0.39 is 10.3 Å². The number of hydrogen-bond acceptors (Lipinski definition) is 3. The molecule has 0 saturated carbocycles. The zero-order valence-corrected chi connectivity index (χ0v) is 15.0. The molecule has 1 heterocycles. The van der Waals surface area contributed by atoms with Gasteiger partial charge in [-0.2, -0.15) is 12.9 Å². The van der Waals surface area contributed by atoms with Gasteiger partial charge in [0.25, 0.3) is 10.3 Å². The fourth-order valence-corrected chi connectivity index (χ4v) is 4.13. The van der Waals surface area contributed by atoms with Crippen LogP contribution in [-0.2, 0) is 10.3 Å². The summed E-state index contributed by atoms with van der Waals surface area (Å²) < 4.78 is 32.0. The Kier molecular flexibility index (Phi) is 5.48. The molecule has 0 amide bonds. The molecular formula is C15H23ClFN3OS. The molecule has 2 atom stereocenters. The average molecular weight is 348 g/mol. The predicted molar refractivity (Wildman–Crippen MR) is 90.5 cm³/mol. The van der Waals surface area contributed by atoms with Crippen molar-refractivity contribution in [2.24, 2.45) is 4.36 Å². The van der Waals surface area contributed by atoms with Crippen molar-refractivity contribution in [3.8, 4) is 0 Å². The van der Waals surface area contributed by atoms with Gasteiger partial charge in [-0.25, -0.2) is 0 Å². The molecule has 0 N–H and O–H groups in total. The van der Waals surface area contributed by atoms with Crippen LogP contribution in [0.1, 0.15) is 31.7 Å². The highest BCUT2D eigenvalue weighted by Crippen LogP contribution is 2.30. The molecule has 22 heavy (non-hydrogen) atoms. The lowest BCUT2D eigenvalue weighted by atomic mass is 10.0. The molecule has 1 saturated heterocycles. The van der Waals surface area contributed by atoms with Crippen LogP contribution in [0.5, 0.6) is 0 Å².